The van der Waals surface area contributed by atoms with Crippen molar-refractivity contribution < 1.29 is 19.2 Å². The summed E-state index contributed by atoms with van der Waals surface area (Å²) >= 11 is 0. The summed E-state index contributed by atoms with van der Waals surface area (Å²) in [5, 5.41) is 18.9. The van der Waals surface area contributed by atoms with Gasteiger partial charge in [0.2, 0.25) is 0 Å². The van der Waals surface area contributed by atoms with Crippen LogP contribution < -0.4 is 10.2 Å². The number of esters is 1. The number of aromatic nitrogens is 2. The van der Waals surface area contributed by atoms with Gasteiger partial charge < -0.3 is 15.0 Å². The summed E-state index contributed by atoms with van der Waals surface area (Å²) in [5.41, 5.74) is 4.16. The number of nitro groups is 1. The molecule has 1 aromatic heterocycles. The molecule has 1 aliphatic heterocycles. The molecule has 1 saturated heterocycles. The van der Waals surface area contributed by atoms with Crippen molar-refractivity contribution >= 4 is 23.3 Å². The van der Waals surface area contributed by atoms with Crippen LogP contribution in [-0.2, 0) is 22.6 Å². The van der Waals surface area contributed by atoms with Crippen LogP contribution in [0.3, 0.4) is 0 Å². The lowest BCUT2D eigenvalue weighted by molar-refractivity contribution is -0.384. The molecule has 0 aliphatic carbocycles. The molecule has 10 heteroatoms. The molecule has 188 valence electrons. The van der Waals surface area contributed by atoms with Gasteiger partial charge in [-0.1, -0.05) is 30.3 Å². The number of aryl methyl sites for hydroxylation is 1. The molecule has 0 saturated carbocycles. The zero-order chi connectivity index (χ0) is 25.7. The Kier molecular flexibility index (Phi) is 7.62. The molecule has 1 aliphatic rings. The van der Waals surface area contributed by atoms with Crippen LogP contribution in [-0.4, -0.2) is 46.3 Å². The Hall–Kier alpha value is -4.21. The van der Waals surface area contributed by atoms with Crippen LogP contribution in [0, 0.1) is 24.0 Å². The van der Waals surface area contributed by atoms with Gasteiger partial charge in [-0.25, -0.2) is 4.79 Å². The minimum absolute atomic E-state index is 0.0336. The molecule has 0 atom stereocenters. The van der Waals surface area contributed by atoms with Gasteiger partial charge in [-0.15, -0.1) is 0 Å². The van der Waals surface area contributed by atoms with Crippen molar-refractivity contribution in [2.24, 2.45) is 0 Å². The van der Waals surface area contributed by atoms with E-state index in [4.69, 9.17) is 4.74 Å². The fourth-order valence-electron chi connectivity index (χ4n) is 4.37. The van der Waals surface area contributed by atoms with Gasteiger partial charge in [0.1, 0.15) is 5.69 Å². The highest BCUT2D eigenvalue weighted by molar-refractivity contribution is 5.93. The number of nitrogens with one attached hydrogen (secondary N) is 1. The summed E-state index contributed by atoms with van der Waals surface area (Å²) in [6.07, 6.45) is 1.95. The van der Waals surface area contributed by atoms with Crippen molar-refractivity contribution in [3.8, 4) is 0 Å². The summed E-state index contributed by atoms with van der Waals surface area (Å²) in [6.45, 7) is 5.71. The van der Waals surface area contributed by atoms with Crippen molar-refractivity contribution in [3.05, 3.63) is 86.7 Å². The minimum Gasteiger partial charge on any atom is -0.452 e. The first-order valence-electron chi connectivity index (χ1n) is 11.9. The summed E-state index contributed by atoms with van der Waals surface area (Å²) in [4.78, 5) is 37.8. The standard InChI is InChI=1S/C26H29N5O5/c1-18-22(19(2)30(28-18)16-20-8-4-3-5-9-20)15-27-25(32)17-36-26(33)21-10-11-23(24(14-21)31(34)35)29-12-6-7-13-29/h3-5,8-11,14H,6-7,12-13,15-17H2,1-2H3,(H,27,32). The van der Waals surface area contributed by atoms with Gasteiger partial charge in [0, 0.05) is 37.0 Å². The first kappa shape index (κ1) is 24.9. The monoisotopic (exact) mass is 491 g/mol. The lowest BCUT2D eigenvalue weighted by atomic mass is 10.1. The van der Waals surface area contributed by atoms with E-state index in [9.17, 15) is 19.7 Å². The Labute approximate surface area is 209 Å². The molecule has 0 unspecified atom stereocenters. The Morgan fingerprint density at radius 2 is 1.83 bits per heavy atom. The molecule has 4 rings (SSSR count). The number of rotatable bonds is 9. The van der Waals surface area contributed by atoms with Gasteiger partial charge in [0.15, 0.2) is 6.61 Å². The molecule has 0 bridgehead atoms. The SMILES string of the molecule is Cc1nn(Cc2ccccc2)c(C)c1CNC(=O)COC(=O)c1ccc(N2CCCC2)c([N+](=O)[O-])c1. The molecule has 1 N–H and O–H groups in total. The molecule has 0 spiro atoms. The molecule has 0 radical (unpaired) electrons. The number of carbonyl (C=O) groups excluding carboxylic acids is 2. The van der Waals surface area contributed by atoms with Crippen LogP contribution in [0.5, 0.6) is 0 Å². The van der Waals surface area contributed by atoms with Gasteiger partial charge in [0.05, 0.1) is 22.7 Å². The second kappa shape index (κ2) is 11.0. The quantitative estimate of drug-likeness (QED) is 0.276. The van der Waals surface area contributed by atoms with Crippen molar-refractivity contribution in [2.75, 3.05) is 24.6 Å². The number of ether oxygens (including phenoxy) is 1. The third-order valence-corrected chi connectivity index (χ3v) is 6.36. The number of nitro benzene ring substituents is 1. The van der Waals surface area contributed by atoms with Gasteiger partial charge in [0.25, 0.3) is 11.6 Å². The largest absolute Gasteiger partial charge is 0.452 e. The maximum Gasteiger partial charge on any atom is 0.338 e. The normalized spacial score (nSPS) is 13.0. The highest BCUT2D eigenvalue weighted by Crippen LogP contribution is 2.31. The minimum atomic E-state index is -0.788. The second-order valence-electron chi connectivity index (χ2n) is 8.80. The molecule has 2 aromatic carbocycles. The summed E-state index contributed by atoms with van der Waals surface area (Å²) in [6, 6.07) is 14.2. The van der Waals surface area contributed by atoms with Crippen LogP contribution in [0.2, 0.25) is 0 Å². The molecular weight excluding hydrogens is 462 g/mol. The average molecular weight is 492 g/mol. The van der Waals surface area contributed by atoms with E-state index >= 15 is 0 Å². The van der Waals surface area contributed by atoms with Gasteiger partial charge in [-0.2, -0.15) is 5.10 Å². The van der Waals surface area contributed by atoms with Crippen molar-refractivity contribution in [2.45, 2.75) is 39.8 Å². The first-order valence-corrected chi connectivity index (χ1v) is 11.9. The number of hydrogen-bond acceptors (Lipinski definition) is 7. The van der Waals surface area contributed by atoms with Crippen LogP contribution in [0.25, 0.3) is 0 Å². The van der Waals surface area contributed by atoms with E-state index in [1.165, 1.54) is 12.1 Å². The predicted molar refractivity (Wildman–Crippen MR) is 134 cm³/mol. The van der Waals surface area contributed by atoms with Crippen molar-refractivity contribution in [1.82, 2.24) is 15.1 Å². The Morgan fingerprint density at radius 3 is 2.53 bits per heavy atom. The Bertz CT molecular complexity index is 1270. The fraction of sp³-hybridized carbons (Fsp3) is 0.346. The van der Waals surface area contributed by atoms with Gasteiger partial charge in [-0.3, -0.25) is 19.6 Å². The average Bonchev–Trinajstić information content (AvgIpc) is 3.50. The van der Waals surface area contributed by atoms with E-state index in [2.05, 4.69) is 10.4 Å². The van der Waals surface area contributed by atoms with Gasteiger partial charge >= 0.3 is 5.97 Å². The van der Waals surface area contributed by atoms with Gasteiger partial charge in [-0.05, 0) is 44.4 Å². The number of benzene rings is 2. The van der Waals surface area contributed by atoms with Crippen LogP contribution >= 0.6 is 0 Å². The van der Waals surface area contributed by atoms with Crippen LogP contribution in [0.15, 0.2) is 48.5 Å². The predicted octanol–water partition coefficient (Wildman–Crippen LogP) is 3.53. The molecule has 1 fully saturated rings. The van der Waals surface area contributed by atoms with E-state index in [-0.39, 0.29) is 17.8 Å². The topological polar surface area (TPSA) is 120 Å². The Balaban J connectivity index is 1.33. The van der Waals surface area contributed by atoms with E-state index in [0.717, 1.165) is 48.4 Å². The lowest BCUT2D eigenvalue weighted by Crippen LogP contribution is -2.28. The maximum absolute atomic E-state index is 12.5. The molecule has 1 amide bonds. The number of hydrogen-bond donors (Lipinski definition) is 1. The van der Waals surface area contributed by atoms with E-state index in [1.54, 1.807) is 6.07 Å². The molecule has 3 aromatic rings. The zero-order valence-electron chi connectivity index (χ0n) is 20.4. The molecule has 2 heterocycles. The maximum atomic E-state index is 12.5. The van der Waals surface area contributed by atoms with E-state index in [1.807, 2.05) is 53.8 Å². The molecule has 36 heavy (non-hydrogen) atoms. The lowest BCUT2D eigenvalue weighted by Gasteiger charge is -2.17. The number of nitrogens with zero attached hydrogens (tertiary/aromatic N) is 4. The molecule has 10 nitrogen and oxygen atoms in total. The third-order valence-electron chi connectivity index (χ3n) is 6.36. The van der Waals surface area contributed by atoms with Crippen LogP contribution in [0.1, 0.15) is 45.7 Å². The number of anilines is 1. The second-order valence-corrected chi connectivity index (χ2v) is 8.80. The summed E-state index contributed by atoms with van der Waals surface area (Å²) < 4.78 is 7.01. The first-order chi connectivity index (χ1) is 17.3. The highest BCUT2D eigenvalue weighted by atomic mass is 16.6. The number of carbonyl (C=O) groups is 2. The summed E-state index contributed by atoms with van der Waals surface area (Å²) in [7, 11) is 0. The third kappa shape index (κ3) is 5.70. The Morgan fingerprint density at radius 1 is 1.11 bits per heavy atom. The van der Waals surface area contributed by atoms with E-state index in [0.29, 0.717) is 12.2 Å². The van der Waals surface area contributed by atoms with Crippen LogP contribution in [0.4, 0.5) is 11.4 Å². The zero-order valence-corrected chi connectivity index (χ0v) is 20.4. The van der Waals surface area contributed by atoms with Crippen molar-refractivity contribution in [1.29, 1.82) is 0 Å². The highest BCUT2D eigenvalue weighted by Gasteiger charge is 2.24. The van der Waals surface area contributed by atoms with Crippen molar-refractivity contribution in [3.63, 3.8) is 0 Å². The fourth-order valence-corrected chi connectivity index (χ4v) is 4.37. The van der Waals surface area contributed by atoms with E-state index < -0.39 is 23.4 Å². The number of amides is 1. The summed E-state index contributed by atoms with van der Waals surface area (Å²) in [5.74, 6) is -1.26. The molecular formula is C26H29N5O5. The smallest absolute Gasteiger partial charge is 0.338 e.